The molecule has 0 aliphatic rings. The molecule has 0 spiro atoms. The molecule has 0 saturated heterocycles. The zero-order valence-corrected chi connectivity index (χ0v) is 10.6. The average Bonchev–Trinajstić information content (AvgIpc) is 2.33. The molecule has 0 aliphatic carbocycles. The topological polar surface area (TPSA) is 17.1 Å². The van der Waals surface area contributed by atoms with Crippen LogP contribution in [-0.4, -0.2) is 11.5 Å². The third-order valence-electron chi connectivity index (χ3n) is 2.10. The van der Waals surface area contributed by atoms with Crippen LogP contribution in [0, 0.1) is 0 Å². The summed E-state index contributed by atoms with van der Waals surface area (Å²) in [6.45, 7) is 1.92. The van der Waals surface area contributed by atoms with Crippen molar-refractivity contribution >= 4 is 17.5 Å². The zero-order chi connectivity index (χ0) is 13.6. The second-order valence-corrected chi connectivity index (χ2v) is 4.64. The van der Waals surface area contributed by atoms with Crippen molar-refractivity contribution in [2.45, 2.75) is 24.4 Å². The van der Waals surface area contributed by atoms with Crippen molar-refractivity contribution in [1.29, 1.82) is 0 Å². The number of alkyl halides is 3. The lowest BCUT2D eigenvalue weighted by molar-refractivity contribution is -0.137. The lowest BCUT2D eigenvalue weighted by Crippen LogP contribution is -2.04. The number of hydrogen-bond donors (Lipinski definition) is 0. The lowest BCUT2D eigenvalue weighted by atomic mass is 10.2. The van der Waals surface area contributed by atoms with Gasteiger partial charge in [-0.1, -0.05) is 13.0 Å². The monoisotopic (exact) mass is 274 g/mol. The zero-order valence-electron chi connectivity index (χ0n) is 9.83. The molecule has 0 amide bonds. The van der Waals surface area contributed by atoms with E-state index in [2.05, 4.69) is 0 Å². The summed E-state index contributed by atoms with van der Waals surface area (Å²) in [5.74, 6) is 0.198. The first-order valence-corrected chi connectivity index (χ1v) is 6.41. The number of halogens is 3. The number of benzene rings is 1. The smallest absolute Gasteiger partial charge is 0.294 e. The molecule has 0 atom stereocenters. The molecule has 0 unspecified atom stereocenters. The van der Waals surface area contributed by atoms with E-state index in [0.717, 1.165) is 18.6 Å². The molecule has 1 aromatic carbocycles. The molecule has 1 nitrogen and oxygen atoms in total. The molecule has 0 bridgehead atoms. The number of hydrogen-bond acceptors (Lipinski definition) is 2. The Bertz CT molecular complexity index is 421. The molecule has 1 rings (SSSR count). The van der Waals surface area contributed by atoms with Crippen molar-refractivity contribution in [2.75, 3.05) is 5.75 Å². The molecule has 1 aromatic rings. The molecular formula is C13H13F3OS. The highest BCUT2D eigenvalue weighted by atomic mass is 32.2. The van der Waals surface area contributed by atoms with Gasteiger partial charge in [0.2, 0.25) is 0 Å². The maximum atomic E-state index is 12.3. The highest BCUT2D eigenvalue weighted by molar-refractivity contribution is 8.00. The maximum absolute atomic E-state index is 12.3. The van der Waals surface area contributed by atoms with E-state index in [-0.39, 0.29) is 11.5 Å². The van der Waals surface area contributed by atoms with Gasteiger partial charge in [-0.15, -0.1) is 11.8 Å². The third-order valence-corrected chi connectivity index (χ3v) is 3.14. The first-order chi connectivity index (χ1) is 8.43. The third kappa shape index (κ3) is 4.96. The molecule has 5 heteroatoms. The van der Waals surface area contributed by atoms with E-state index >= 15 is 0 Å². The summed E-state index contributed by atoms with van der Waals surface area (Å²) in [4.78, 5) is 12.0. The number of thioether (sulfide) groups is 1. The Hall–Kier alpha value is -1.23. The van der Waals surface area contributed by atoms with Crippen molar-refractivity contribution in [2.24, 2.45) is 0 Å². The molecule has 0 heterocycles. The minimum atomic E-state index is -4.32. The van der Waals surface area contributed by atoms with Gasteiger partial charge in [0, 0.05) is 4.90 Å². The van der Waals surface area contributed by atoms with Crippen LogP contribution in [0.5, 0.6) is 0 Å². The standard InChI is InChI=1S/C13H13F3OS/c1-2-3-4-11(17)9-18-12-7-5-10(6-8-12)13(14,15)16/h3-8H,2,9H2,1H3/b4-3+. The summed E-state index contributed by atoms with van der Waals surface area (Å²) in [6.07, 6.45) is -0.272. The number of carbonyl (C=O) groups excluding carboxylic acids is 1. The van der Waals surface area contributed by atoms with Crippen LogP contribution >= 0.6 is 11.8 Å². The average molecular weight is 274 g/mol. The van der Waals surface area contributed by atoms with E-state index in [0.29, 0.717) is 4.90 Å². The summed E-state index contributed by atoms with van der Waals surface area (Å²) in [6, 6.07) is 4.80. The van der Waals surface area contributed by atoms with Gasteiger partial charge in [-0.2, -0.15) is 13.2 Å². The van der Waals surface area contributed by atoms with Gasteiger partial charge in [0.05, 0.1) is 11.3 Å². The van der Waals surface area contributed by atoms with E-state index < -0.39 is 11.7 Å². The summed E-state index contributed by atoms with van der Waals surface area (Å²) in [5, 5.41) is 0. The highest BCUT2D eigenvalue weighted by Crippen LogP contribution is 2.30. The SMILES string of the molecule is CC/C=C/C(=O)CSc1ccc(C(F)(F)F)cc1. The fraction of sp³-hybridized carbons (Fsp3) is 0.308. The Kier molecular flexibility index (Phi) is 5.47. The van der Waals surface area contributed by atoms with Crippen LogP contribution in [0.15, 0.2) is 41.3 Å². The number of rotatable bonds is 5. The van der Waals surface area contributed by atoms with Crippen molar-refractivity contribution in [1.82, 2.24) is 0 Å². The first kappa shape index (κ1) is 14.8. The number of ketones is 1. The van der Waals surface area contributed by atoms with Crippen LogP contribution in [-0.2, 0) is 11.0 Å². The Morgan fingerprint density at radius 2 is 1.89 bits per heavy atom. The van der Waals surface area contributed by atoms with Crippen LogP contribution in [0.3, 0.4) is 0 Å². The van der Waals surface area contributed by atoms with Gasteiger partial charge >= 0.3 is 6.18 Å². The Morgan fingerprint density at radius 1 is 1.28 bits per heavy atom. The van der Waals surface area contributed by atoms with Gasteiger partial charge in [-0.05, 0) is 36.8 Å². The fourth-order valence-electron chi connectivity index (χ4n) is 1.19. The molecule has 0 saturated carbocycles. The van der Waals surface area contributed by atoms with Crippen LogP contribution in [0.4, 0.5) is 13.2 Å². The molecule has 0 fully saturated rings. The van der Waals surface area contributed by atoms with Gasteiger partial charge in [0.25, 0.3) is 0 Å². The van der Waals surface area contributed by atoms with Crippen molar-refractivity contribution < 1.29 is 18.0 Å². The van der Waals surface area contributed by atoms with E-state index in [1.165, 1.54) is 30.0 Å². The predicted octanol–water partition coefficient (Wildman–Crippen LogP) is 4.33. The van der Waals surface area contributed by atoms with Crippen molar-refractivity contribution in [3.05, 3.63) is 42.0 Å². The van der Waals surface area contributed by atoms with Crippen molar-refractivity contribution in [3.8, 4) is 0 Å². The summed E-state index contributed by atoms with van der Waals surface area (Å²) >= 11 is 1.23. The van der Waals surface area contributed by atoms with Gasteiger partial charge in [0.15, 0.2) is 5.78 Å². The van der Waals surface area contributed by atoms with Gasteiger partial charge < -0.3 is 0 Å². The predicted molar refractivity (Wildman–Crippen MR) is 66.6 cm³/mol. The van der Waals surface area contributed by atoms with E-state index in [4.69, 9.17) is 0 Å². The fourth-order valence-corrected chi connectivity index (χ4v) is 1.93. The van der Waals surface area contributed by atoms with Crippen LogP contribution in [0.25, 0.3) is 0 Å². The van der Waals surface area contributed by atoms with E-state index in [1.54, 1.807) is 6.08 Å². The summed E-state index contributed by atoms with van der Waals surface area (Å²) < 4.78 is 36.9. The molecule has 0 radical (unpaired) electrons. The molecule has 0 aromatic heterocycles. The van der Waals surface area contributed by atoms with Gasteiger partial charge in [-0.3, -0.25) is 4.79 Å². The Balaban J connectivity index is 2.54. The van der Waals surface area contributed by atoms with Crippen molar-refractivity contribution in [3.63, 3.8) is 0 Å². The molecule has 0 aliphatic heterocycles. The first-order valence-electron chi connectivity index (χ1n) is 5.43. The quantitative estimate of drug-likeness (QED) is 0.587. The lowest BCUT2D eigenvalue weighted by Gasteiger charge is -2.06. The minimum Gasteiger partial charge on any atom is -0.294 e. The van der Waals surface area contributed by atoms with E-state index in [1.807, 2.05) is 6.92 Å². The minimum absolute atomic E-state index is 0.0400. The normalized spacial score (nSPS) is 12.0. The van der Waals surface area contributed by atoms with Crippen LogP contribution < -0.4 is 0 Å². The largest absolute Gasteiger partial charge is 0.416 e. The molecule has 18 heavy (non-hydrogen) atoms. The molecular weight excluding hydrogens is 261 g/mol. The van der Waals surface area contributed by atoms with Crippen LogP contribution in [0.2, 0.25) is 0 Å². The highest BCUT2D eigenvalue weighted by Gasteiger charge is 2.29. The second-order valence-electron chi connectivity index (χ2n) is 3.59. The molecule has 0 N–H and O–H groups in total. The maximum Gasteiger partial charge on any atom is 0.416 e. The van der Waals surface area contributed by atoms with E-state index in [9.17, 15) is 18.0 Å². The number of allylic oxidation sites excluding steroid dienone is 2. The summed E-state index contributed by atoms with van der Waals surface area (Å²) in [7, 11) is 0. The Morgan fingerprint density at radius 3 is 2.39 bits per heavy atom. The summed E-state index contributed by atoms with van der Waals surface area (Å²) in [5.41, 5.74) is -0.677. The molecule has 98 valence electrons. The van der Waals surface area contributed by atoms with Gasteiger partial charge in [-0.25, -0.2) is 0 Å². The van der Waals surface area contributed by atoms with Crippen LogP contribution in [0.1, 0.15) is 18.9 Å². The van der Waals surface area contributed by atoms with Gasteiger partial charge in [0.1, 0.15) is 0 Å². The second kappa shape index (κ2) is 6.64. The number of carbonyl (C=O) groups is 1. The Labute approximate surface area is 108 Å².